The first-order valence-electron chi connectivity index (χ1n) is 1.52. The molecule has 0 saturated carbocycles. The van der Waals surface area contributed by atoms with Crippen molar-refractivity contribution in [3.8, 4) is 0 Å². The van der Waals surface area contributed by atoms with Gasteiger partial charge in [-0.15, -0.1) is 0 Å². The third kappa shape index (κ3) is 4.39. The molecular formula is C3H8AsN. The summed E-state index contributed by atoms with van der Waals surface area (Å²) in [6.07, 6.45) is 0. The van der Waals surface area contributed by atoms with E-state index < -0.39 is 0 Å². The molecule has 0 aliphatic carbocycles. The van der Waals surface area contributed by atoms with Crippen LogP contribution < -0.4 is 5.73 Å². The molecule has 0 aliphatic rings. The summed E-state index contributed by atoms with van der Waals surface area (Å²) < 4.78 is 0. The van der Waals surface area contributed by atoms with Crippen molar-refractivity contribution in [2.75, 3.05) is 6.54 Å². The van der Waals surface area contributed by atoms with Gasteiger partial charge in [-0.3, -0.25) is 0 Å². The van der Waals surface area contributed by atoms with Crippen LogP contribution in [-0.2, 0) is 0 Å². The molecule has 0 aliphatic heterocycles. The van der Waals surface area contributed by atoms with Gasteiger partial charge < -0.3 is 0 Å². The van der Waals surface area contributed by atoms with E-state index in [1.807, 2.05) is 0 Å². The van der Waals surface area contributed by atoms with Crippen molar-refractivity contribution in [3.63, 3.8) is 0 Å². The molecule has 0 amide bonds. The summed E-state index contributed by atoms with van der Waals surface area (Å²) >= 11 is 0.466. The quantitative estimate of drug-likeness (QED) is 0.479. The molecule has 2 N–H and O–H groups in total. The van der Waals surface area contributed by atoms with Gasteiger partial charge in [-0.05, 0) is 0 Å². The molecule has 0 radical (unpaired) electrons. The Kier molecular flexibility index (Phi) is 4.73. The first kappa shape index (κ1) is 5.39. The fraction of sp³-hybridized carbons (Fsp3) is 0.667. The maximum absolute atomic E-state index is 5.11. The molecule has 0 aromatic carbocycles. The molecule has 0 heterocycles. The first-order chi connectivity index (χ1) is 2.41. The molecule has 0 saturated heterocycles. The second-order valence-electron chi connectivity index (χ2n) is 0.676. The molecule has 0 bridgehead atoms. The van der Waals surface area contributed by atoms with Gasteiger partial charge in [-0.1, -0.05) is 0 Å². The molecule has 5 heavy (non-hydrogen) atoms. The van der Waals surface area contributed by atoms with E-state index in [-0.39, 0.29) is 0 Å². The van der Waals surface area contributed by atoms with Crippen molar-refractivity contribution in [1.82, 2.24) is 0 Å². The predicted octanol–water partition coefficient (Wildman–Crippen LogP) is -0.500. The first-order valence-corrected chi connectivity index (χ1v) is 4.48. The second-order valence-corrected chi connectivity index (χ2v) is 2.53. The average molecular weight is 133 g/mol. The van der Waals surface area contributed by atoms with Crippen molar-refractivity contribution in [1.29, 1.82) is 0 Å². The summed E-state index contributed by atoms with van der Waals surface area (Å²) in [5, 5.41) is 0. The van der Waals surface area contributed by atoms with Gasteiger partial charge in [0.15, 0.2) is 0 Å². The monoisotopic (exact) mass is 133 g/mol. The Morgan fingerprint density at radius 2 is 2.60 bits per heavy atom. The summed E-state index contributed by atoms with van der Waals surface area (Å²) in [6, 6.07) is 0. The van der Waals surface area contributed by atoms with Gasteiger partial charge >= 0.3 is 38.1 Å². The molecule has 0 unspecified atom stereocenters. The summed E-state index contributed by atoms with van der Waals surface area (Å²) in [4.78, 5) is 2.12. The zero-order valence-corrected chi connectivity index (χ0v) is 5.19. The van der Waals surface area contributed by atoms with E-state index in [2.05, 4.69) is 10.5 Å². The Morgan fingerprint density at radius 3 is 2.60 bits per heavy atom. The topological polar surface area (TPSA) is 26.0 Å². The van der Waals surface area contributed by atoms with Crippen molar-refractivity contribution < 1.29 is 0 Å². The van der Waals surface area contributed by atoms with E-state index in [1.54, 1.807) is 0 Å². The van der Waals surface area contributed by atoms with Gasteiger partial charge in [0.05, 0.1) is 0 Å². The Morgan fingerprint density at radius 1 is 2.00 bits per heavy atom. The van der Waals surface area contributed by atoms with Crippen LogP contribution in [0.2, 0.25) is 5.71 Å². The minimum atomic E-state index is 0.466. The molecule has 0 aromatic heterocycles. The van der Waals surface area contributed by atoms with Gasteiger partial charge in [-0.25, -0.2) is 0 Å². The van der Waals surface area contributed by atoms with Crippen LogP contribution in [-0.4, -0.2) is 26.7 Å². The fourth-order valence-corrected chi connectivity index (χ4v) is 0.548. The van der Waals surface area contributed by atoms with E-state index in [9.17, 15) is 0 Å². The van der Waals surface area contributed by atoms with E-state index in [0.29, 0.717) is 15.3 Å². The number of hydrogen-bond donors (Lipinski definition) is 1. The van der Waals surface area contributed by atoms with Gasteiger partial charge in [0.2, 0.25) is 0 Å². The van der Waals surface area contributed by atoms with E-state index in [1.165, 1.54) is 0 Å². The van der Waals surface area contributed by atoms with Crippen molar-refractivity contribution in [2.24, 2.45) is 5.73 Å². The van der Waals surface area contributed by atoms with Gasteiger partial charge in [0, 0.05) is 0 Å². The average Bonchev–Trinajstić information content (AvgIpc) is 1.41. The van der Waals surface area contributed by atoms with Crippen molar-refractivity contribution >= 4 is 20.1 Å². The number of hydrogen-bond acceptors (Lipinski definition) is 1. The molecule has 1 nitrogen and oxygen atoms in total. The zero-order valence-electron chi connectivity index (χ0n) is 3.31. The molecule has 0 spiro atoms. The third-order valence-corrected chi connectivity index (χ3v) is 1.50. The SMILES string of the molecule is C[As]=CCN. The van der Waals surface area contributed by atoms with E-state index in [0.717, 1.165) is 6.54 Å². The molecule has 0 rings (SSSR count). The van der Waals surface area contributed by atoms with Crippen LogP contribution in [0, 0.1) is 0 Å². The fourth-order valence-electron chi connectivity index (χ4n) is 0.105. The maximum atomic E-state index is 5.11. The zero-order chi connectivity index (χ0) is 4.12. The van der Waals surface area contributed by atoms with Gasteiger partial charge in [-0.2, -0.15) is 0 Å². The Labute approximate surface area is 38.8 Å². The van der Waals surface area contributed by atoms with Crippen LogP contribution >= 0.6 is 0 Å². The van der Waals surface area contributed by atoms with Crippen molar-refractivity contribution in [3.05, 3.63) is 0 Å². The molecule has 0 aromatic rings. The molecule has 0 fully saturated rings. The Bertz CT molecular complexity index is 33.9. The van der Waals surface area contributed by atoms with Crippen LogP contribution in [0.1, 0.15) is 0 Å². The Balaban J connectivity index is 2.62. The Hall–Kier alpha value is 0.388. The van der Waals surface area contributed by atoms with Crippen molar-refractivity contribution in [2.45, 2.75) is 5.71 Å². The van der Waals surface area contributed by atoms with Crippen LogP contribution in [0.25, 0.3) is 0 Å². The molecular weight excluding hydrogens is 125 g/mol. The number of rotatable bonds is 1. The summed E-state index contributed by atoms with van der Waals surface area (Å²) in [7, 11) is 0. The molecule has 30 valence electrons. The predicted molar refractivity (Wildman–Crippen MR) is 26.7 cm³/mol. The molecule has 2 heteroatoms. The minimum absolute atomic E-state index is 0.466. The van der Waals surface area contributed by atoms with Crippen LogP contribution in [0.4, 0.5) is 0 Å². The van der Waals surface area contributed by atoms with Crippen LogP contribution in [0.5, 0.6) is 0 Å². The normalized spacial score (nSPS) is 10.0. The number of nitrogens with two attached hydrogens (primary N) is 1. The van der Waals surface area contributed by atoms with Gasteiger partial charge in [0.1, 0.15) is 0 Å². The van der Waals surface area contributed by atoms with E-state index >= 15 is 0 Å². The summed E-state index contributed by atoms with van der Waals surface area (Å²) in [5.41, 5.74) is 7.28. The molecule has 0 atom stereocenters. The summed E-state index contributed by atoms with van der Waals surface area (Å²) in [6.45, 7) is 0.760. The second kappa shape index (κ2) is 4.39. The van der Waals surface area contributed by atoms with Gasteiger partial charge in [0.25, 0.3) is 0 Å². The standard InChI is InChI=1S/C3H8AsN/c1-4-2-3-5/h2H,3,5H2,1H3. The third-order valence-electron chi connectivity index (χ3n) is 0.288. The van der Waals surface area contributed by atoms with E-state index in [4.69, 9.17) is 5.73 Å². The van der Waals surface area contributed by atoms with Crippen LogP contribution in [0.15, 0.2) is 0 Å². The summed E-state index contributed by atoms with van der Waals surface area (Å²) in [5.74, 6) is 0. The van der Waals surface area contributed by atoms with Crippen LogP contribution in [0.3, 0.4) is 0 Å².